The molecule has 0 saturated carbocycles. The Bertz CT molecular complexity index is 616. The van der Waals surface area contributed by atoms with Crippen molar-refractivity contribution < 1.29 is 29.1 Å². The summed E-state index contributed by atoms with van der Waals surface area (Å²) in [5.74, 6) is 3.17. The first-order valence-electron chi connectivity index (χ1n) is 14.3. The van der Waals surface area contributed by atoms with Crippen molar-refractivity contribution in [1.82, 2.24) is 0 Å². The topological polar surface area (TPSA) is 106 Å². The fourth-order valence-corrected chi connectivity index (χ4v) is 2.22. The van der Waals surface area contributed by atoms with Crippen molar-refractivity contribution in [3.05, 3.63) is 0 Å². The molecule has 1 unspecified atom stereocenters. The van der Waals surface area contributed by atoms with Gasteiger partial charge in [-0.1, -0.05) is 90.0 Å². The van der Waals surface area contributed by atoms with E-state index in [1.807, 2.05) is 48.5 Å². The number of carboxylic acid groups (broad SMARTS) is 1. The number of aliphatic carboxylic acids is 1. The van der Waals surface area contributed by atoms with E-state index in [1.165, 1.54) is 6.42 Å². The standard InChI is InChI=1S/C8H16O.C7H14O.C6H12O2.C6H12O.C5H10O.CH4/c1-7(2)5-4-6-8(3)9;1-5(2)6(3)7(4)8;1-5(2)3-4-6(7)8;1-5(2)4-6(3)7;1-4(2)5(3)6;/h7H,4-6H2,1-3H3;5-6H,1-4H3;5H,3-4H2,1-2H3,(H,7,8);5H,4H2,1-3H3;4H,1-3H3;1H4. The molecule has 0 aliphatic carbocycles. The maximum atomic E-state index is 10.6. The second kappa shape index (κ2) is 32.4. The van der Waals surface area contributed by atoms with Gasteiger partial charge in [0.05, 0.1) is 0 Å². The van der Waals surface area contributed by atoms with Crippen LogP contribution in [0.15, 0.2) is 0 Å². The summed E-state index contributed by atoms with van der Waals surface area (Å²) in [5, 5.41) is 8.16. The summed E-state index contributed by atoms with van der Waals surface area (Å²) in [6.07, 6.45) is 4.82. The van der Waals surface area contributed by atoms with Crippen molar-refractivity contribution in [2.24, 2.45) is 35.5 Å². The van der Waals surface area contributed by atoms with Crippen molar-refractivity contribution >= 4 is 29.1 Å². The number of carboxylic acids is 1. The van der Waals surface area contributed by atoms with Crippen LogP contribution in [0.2, 0.25) is 0 Å². The highest BCUT2D eigenvalue weighted by Crippen LogP contribution is 2.09. The van der Waals surface area contributed by atoms with Crippen LogP contribution >= 0.6 is 0 Å². The Morgan fingerprint density at radius 3 is 1.05 bits per heavy atom. The van der Waals surface area contributed by atoms with Crippen molar-refractivity contribution in [3.8, 4) is 0 Å². The van der Waals surface area contributed by atoms with Crippen LogP contribution in [0.4, 0.5) is 0 Å². The first kappa shape index (κ1) is 50.0. The molecule has 0 amide bonds. The minimum Gasteiger partial charge on any atom is -0.481 e. The molecule has 0 spiro atoms. The lowest BCUT2D eigenvalue weighted by atomic mass is 9.95. The molecule has 0 aliphatic rings. The predicted octanol–water partition coefficient (Wildman–Crippen LogP) is 9.27. The van der Waals surface area contributed by atoms with Gasteiger partial charge in [0.25, 0.3) is 0 Å². The molecule has 0 aliphatic heterocycles. The van der Waals surface area contributed by atoms with E-state index in [0.29, 0.717) is 35.7 Å². The van der Waals surface area contributed by atoms with Crippen LogP contribution in [0, 0.1) is 35.5 Å². The smallest absolute Gasteiger partial charge is 0.303 e. The normalized spacial score (nSPS) is 10.5. The van der Waals surface area contributed by atoms with E-state index in [4.69, 9.17) is 5.11 Å². The second-order valence-corrected chi connectivity index (χ2v) is 12.0. The zero-order valence-corrected chi connectivity index (χ0v) is 27.7. The molecule has 0 aromatic heterocycles. The maximum Gasteiger partial charge on any atom is 0.303 e. The number of Topliss-reactive ketones (excluding diaryl/α,β-unsaturated/α-hetero) is 4. The maximum absolute atomic E-state index is 10.6. The van der Waals surface area contributed by atoms with Crippen molar-refractivity contribution in [2.75, 3.05) is 0 Å². The fourth-order valence-electron chi connectivity index (χ4n) is 2.22. The van der Waals surface area contributed by atoms with Gasteiger partial charge in [-0.05, 0) is 64.2 Å². The third-order valence-corrected chi connectivity index (χ3v) is 5.40. The molecular formula is C33H68O6. The highest BCUT2D eigenvalue weighted by molar-refractivity contribution is 5.78. The summed E-state index contributed by atoms with van der Waals surface area (Å²) in [4.78, 5) is 51.3. The Balaban J connectivity index is -0.0000000872. The Morgan fingerprint density at radius 2 is 0.949 bits per heavy atom. The van der Waals surface area contributed by atoms with E-state index in [0.717, 1.165) is 31.6 Å². The highest BCUT2D eigenvalue weighted by Gasteiger charge is 2.10. The third kappa shape index (κ3) is 66.7. The van der Waals surface area contributed by atoms with Crippen LogP contribution in [-0.4, -0.2) is 34.2 Å². The number of hydrogen-bond acceptors (Lipinski definition) is 5. The van der Waals surface area contributed by atoms with E-state index in [9.17, 15) is 24.0 Å². The van der Waals surface area contributed by atoms with E-state index >= 15 is 0 Å². The minimum atomic E-state index is -0.696. The van der Waals surface area contributed by atoms with Gasteiger partial charge in [-0.15, -0.1) is 0 Å². The Hall–Kier alpha value is -1.85. The SMILES string of the molecule is C.CC(=O)C(C)C.CC(=O)C(C)C(C)C.CC(=O)CC(C)C.CC(=O)CCCC(C)C.CC(C)CCC(=O)O. The van der Waals surface area contributed by atoms with Gasteiger partial charge in [-0.2, -0.15) is 0 Å². The Kier molecular flexibility index (Phi) is 41.5. The van der Waals surface area contributed by atoms with Gasteiger partial charge in [0, 0.05) is 31.1 Å². The molecule has 0 fully saturated rings. The molecule has 6 heteroatoms. The van der Waals surface area contributed by atoms with E-state index in [1.54, 1.807) is 27.7 Å². The van der Waals surface area contributed by atoms with Gasteiger partial charge in [-0.25, -0.2) is 0 Å². The molecule has 39 heavy (non-hydrogen) atoms. The number of ketones is 4. The summed E-state index contributed by atoms with van der Waals surface area (Å²) >= 11 is 0. The quantitative estimate of drug-likeness (QED) is 0.255. The average Bonchev–Trinajstić information content (AvgIpc) is 2.71. The lowest BCUT2D eigenvalue weighted by molar-refractivity contribution is -0.137. The first-order valence-corrected chi connectivity index (χ1v) is 14.3. The number of carbonyl (C=O) groups is 5. The zero-order chi connectivity index (χ0) is 31.6. The summed E-state index contributed by atoms with van der Waals surface area (Å²) < 4.78 is 0. The minimum absolute atomic E-state index is 0. The third-order valence-electron chi connectivity index (χ3n) is 5.40. The van der Waals surface area contributed by atoms with Gasteiger partial charge in [0.2, 0.25) is 0 Å². The lowest BCUT2D eigenvalue weighted by Crippen LogP contribution is -2.12. The van der Waals surface area contributed by atoms with Gasteiger partial charge >= 0.3 is 5.97 Å². The summed E-state index contributed by atoms with van der Waals surface area (Å²) in [6, 6.07) is 0. The Morgan fingerprint density at radius 1 is 0.564 bits per heavy atom. The van der Waals surface area contributed by atoms with E-state index < -0.39 is 5.97 Å². The summed E-state index contributed by atoms with van der Waals surface area (Å²) in [7, 11) is 0. The van der Waals surface area contributed by atoms with Crippen molar-refractivity contribution in [1.29, 1.82) is 0 Å². The van der Waals surface area contributed by atoms with Gasteiger partial charge in [0.1, 0.15) is 23.1 Å². The number of rotatable bonds is 12. The molecule has 0 radical (unpaired) electrons. The molecule has 0 saturated heterocycles. The van der Waals surface area contributed by atoms with Crippen LogP contribution in [0.5, 0.6) is 0 Å². The van der Waals surface area contributed by atoms with E-state index in [-0.39, 0.29) is 30.8 Å². The number of carbonyl (C=O) groups excluding carboxylic acids is 4. The van der Waals surface area contributed by atoms with Gasteiger partial charge in [0.15, 0.2) is 0 Å². The largest absolute Gasteiger partial charge is 0.481 e. The van der Waals surface area contributed by atoms with Crippen LogP contribution in [-0.2, 0) is 24.0 Å². The summed E-state index contributed by atoms with van der Waals surface area (Å²) in [5.41, 5.74) is 0. The Labute approximate surface area is 243 Å². The highest BCUT2D eigenvalue weighted by atomic mass is 16.4. The molecule has 0 heterocycles. The average molecular weight is 561 g/mol. The van der Waals surface area contributed by atoms with Crippen LogP contribution < -0.4 is 0 Å². The van der Waals surface area contributed by atoms with Crippen LogP contribution in [0.25, 0.3) is 0 Å². The van der Waals surface area contributed by atoms with Crippen LogP contribution in [0.1, 0.15) is 150 Å². The summed E-state index contributed by atoms with van der Waals surface area (Å²) in [6.45, 7) is 28.9. The molecule has 236 valence electrons. The van der Waals surface area contributed by atoms with Gasteiger partial charge in [-0.3, -0.25) is 14.4 Å². The lowest BCUT2D eigenvalue weighted by Gasteiger charge is -2.09. The molecule has 0 rings (SSSR count). The van der Waals surface area contributed by atoms with Gasteiger partial charge < -0.3 is 14.7 Å². The second-order valence-electron chi connectivity index (χ2n) is 12.0. The van der Waals surface area contributed by atoms with Crippen molar-refractivity contribution in [2.45, 2.75) is 150 Å². The zero-order valence-electron chi connectivity index (χ0n) is 27.7. The molecule has 0 aromatic carbocycles. The molecule has 0 aromatic rings. The van der Waals surface area contributed by atoms with Crippen molar-refractivity contribution in [3.63, 3.8) is 0 Å². The van der Waals surface area contributed by atoms with E-state index in [2.05, 4.69) is 27.7 Å². The molecule has 6 nitrogen and oxygen atoms in total. The fraction of sp³-hybridized carbons (Fsp3) is 0.848. The first-order chi connectivity index (χ1) is 17.1. The van der Waals surface area contributed by atoms with Crippen LogP contribution in [0.3, 0.4) is 0 Å². The molecule has 1 atom stereocenters. The molecule has 0 bridgehead atoms. The number of hydrogen-bond donors (Lipinski definition) is 1. The monoisotopic (exact) mass is 561 g/mol. The molecular weight excluding hydrogens is 492 g/mol. The molecule has 1 N–H and O–H groups in total. The predicted molar refractivity (Wildman–Crippen MR) is 168 cm³/mol.